The fourth-order valence-electron chi connectivity index (χ4n) is 2.44. The molecule has 1 aliphatic heterocycles. The summed E-state index contributed by atoms with van der Waals surface area (Å²) in [6, 6.07) is 2.73. The molecule has 0 atom stereocenters. The molecule has 1 aromatic heterocycles. The van der Waals surface area contributed by atoms with Crippen molar-refractivity contribution in [1.82, 2.24) is 9.88 Å². The Kier molecular flexibility index (Phi) is 3.55. The quantitative estimate of drug-likeness (QED) is 0.885. The molecule has 19 heavy (non-hydrogen) atoms. The topological polar surface area (TPSA) is 70.5 Å². The Bertz CT molecular complexity index is 511. The minimum Gasteiger partial charge on any atom is -0.478 e. The Morgan fingerprint density at radius 2 is 2.16 bits per heavy atom. The molecule has 1 aliphatic rings. The molecule has 0 bridgehead atoms. The molecular formula is C14H18N2O3. The lowest BCUT2D eigenvalue weighted by molar-refractivity contribution is 0.0577. The van der Waals surface area contributed by atoms with Crippen LogP contribution < -0.4 is 0 Å². The van der Waals surface area contributed by atoms with Crippen LogP contribution in [0.15, 0.2) is 18.3 Å². The van der Waals surface area contributed by atoms with E-state index in [1.54, 1.807) is 4.90 Å². The van der Waals surface area contributed by atoms with E-state index in [2.05, 4.69) is 18.8 Å². The third-order valence-electron chi connectivity index (χ3n) is 3.41. The summed E-state index contributed by atoms with van der Waals surface area (Å²) in [7, 11) is 0. The van der Waals surface area contributed by atoms with Crippen LogP contribution in [0.2, 0.25) is 0 Å². The number of amides is 1. The molecule has 2 heterocycles. The Hall–Kier alpha value is -1.91. The first-order valence-corrected chi connectivity index (χ1v) is 6.38. The predicted molar refractivity (Wildman–Crippen MR) is 70.1 cm³/mol. The normalized spacial score (nSPS) is 18.1. The first kappa shape index (κ1) is 13.5. The second kappa shape index (κ2) is 4.99. The molecule has 0 radical (unpaired) electrons. The van der Waals surface area contributed by atoms with Gasteiger partial charge in [0.2, 0.25) is 0 Å². The molecule has 0 aliphatic carbocycles. The van der Waals surface area contributed by atoms with E-state index in [9.17, 15) is 9.59 Å². The highest BCUT2D eigenvalue weighted by molar-refractivity contribution is 5.95. The van der Waals surface area contributed by atoms with Gasteiger partial charge in [-0.05, 0) is 30.4 Å². The highest BCUT2D eigenvalue weighted by atomic mass is 16.4. The molecule has 0 aromatic carbocycles. The van der Waals surface area contributed by atoms with Crippen LogP contribution in [-0.2, 0) is 0 Å². The maximum atomic E-state index is 12.3. The zero-order valence-electron chi connectivity index (χ0n) is 11.2. The smallest absolute Gasteiger partial charge is 0.335 e. The van der Waals surface area contributed by atoms with E-state index in [1.165, 1.54) is 18.3 Å². The van der Waals surface area contributed by atoms with Crippen molar-refractivity contribution in [3.63, 3.8) is 0 Å². The van der Waals surface area contributed by atoms with Gasteiger partial charge in [0.05, 0.1) is 5.56 Å². The number of hydrogen-bond acceptors (Lipinski definition) is 3. The molecule has 5 heteroatoms. The van der Waals surface area contributed by atoms with Crippen molar-refractivity contribution in [3.05, 3.63) is 29.6 Å². The maximum Gasteiger partial charge on any atom is 0.335 e. The van der Waals surface area contributed by atoms with E-state index in [4.69, 9.17) is 5.11 Å². The number of carboxylic acid groups (broad SMARTS) is 1. The van der Waals surface area contributed by atoms with Gasteiger partial charge >= 0.3 is 5.97 Å². The third kappa shape index (κ3) is 3.10. The van der Waals surface area contributed by atoms with Crippen LogP contribution >= 0.6 is 0 Å². The van der Waals surface area contributed by atoms with E-state index in [0.29, 0.717) is 13.1 Å². The Morgan fingerprint density at radius 1 is 1.42 bits per heavy atom. The Labute approximate surface area is 112 Å². The number of piperidine rings is 1. The van der Waals surface area contributed by atoms with Crippen LogP contribution in [0.4, 0.5) is 0 Å². The molecule has 5 nitrogen and oxygen atoms in total. The number of aromatic carboxylic acids is 1. The van der Waals surface area contributed by atoms with Crippen molar-refractivity contribution in [2.75, 3.05) is 13.1 Å². The van der Waals surface area contributed by atoms with Crippen LogP contribution in [-0.4, -0.2) is 40.0 Å². The molecule has 0 unspecified atom stereocenters. The summed E-state index contributed by atoms with van der Waals surface area (Å²) in [5.74, 6) is -1.23. The summed E-state index contributed by atoms with van der Waals surface area (Å²) in [4.78, 5) is 29.0. The minimum absolute atomic E-state index is 0.0922. The second-order valence-corrected chi connectivity index (χ2v) is 5.73. The molecule has 1 fully saturated rings. The maximum absolute atomic E-state index is 12.3. The van der Waals surface area contributed by atoms with Crippen molar-refractivity contribution in [2.24, 2.45) is 5.41 Å². The summed E-state index contributed by atoms with van der Waals surface area (Å²) >= 11 is 0. The van der Waals surface area contributed by atoms with E-state index >= 15 is 0 Å². The van der Waals surface area contributed by atoms with E-state index in [0.717, 1.165) is 12.8 Å². The van der Waals surface area contributed by atoms with Gasteiger partial charge in [-0.25, -0.2) is 4.79 Å². The molecule has 2 rings (SSSR count). The number of carboxylic acids is 1. The van der Waals surface area contributed by atoms with Gasteiger partial charge in [-0.3, -0.25) is 9.78 Å². The highest BCUT2D eigenvalue weighted by Crippen LogP contribution is 2.29. The zero-order valence-corrected chi connectivity index (χ0v) is 11.2. The number of rotatable bonds is 2. The van der Waals surface area contributed by atoms with Gasteiger partial charge in [0.15, 0.2) is 0 Å². The number of nitrogens with zero attached hydrogens (tertiary/aromatic N) is 2. The molecule has 1 aromatic rings. The Morgan fingerprint density at radius 3 is 2.79 bits per heavy atom. The van der Waals surface area contributed by atoms with Gasteiger partial charge in [-0.15, -0.1) is 0 Å². The van der Waals surface area contributed by atoms with Crippen LogP contribution in [0.3, 0.4) is 0 Å². The zero-order chi connectivity index (χ0) is 14.0. The number of hydrogen-bond donors (Lipinski definition) is 1. The second-order valence-electron chi connectivity index (χ2n) is 5.73. The number of carbonyl (C=O) groups is 2. The van der Waals surface area contributed by atoms with Crippen molar-refractivity contribution in [2.45, 2.75) is 26.7 Å². The first-order valence-electron chi connectivity index (χ1n) is 6.38. The number of aromatic nitrogens is 1. The highest BCUT2D eigenvalue weighted by Gasteiger charge is 2.30. The van der Waals surface area contributed by atoms with Gasteiger partial charge in [-0.1, -0.05) is 13.8 Å². The van der Waals surface area contributed by atoms with Crippen molar-refractivity contribution in [3.8, 4) is 0 Å². The summed E-state index contributed by atoms with van der Waals surface area (Å²) in [5.41, 5.74) is 0.408. The summed E-state index contributed by atoms with van der Waals surface area (Å²) in [5, 5.41) is 8.93. The molecule has 0 saturated carbocycles. The van der Waals surface area contributed by atoms with Crippen molar-refractivity contribution in [1.29, 1.82) is 0 Å². The number of pyridine rings is 1. The van der Waals surface area contributed by atoms with Crippen LogP contribution in [0.5, 0.6) is 0 Å². The fraction of sp³-hybridized carbons (Fsp3) is 0.500. The fourth-order valence-corrected chi connectivity index (χ4v) is 2.44. The monoisotopic (exact) mass is 262 g/mol. The average Bonchev–Trinajstić information content (AvgIpc) is 2.37. The number of likely N-dealkylation sites (tertiary alicyclic amines) is 1. The minimum atomic E-state index is -1.05. The Balaban J connectivity index is 2.19. The molecule has 102 valence electrons. The van der Waals surface area contributed by atoms with Crippen molar-refractivity contribution < 1.29 is 14.7 Å². The SMILES string of the molecule is CC1(C)CCCN(C(=O)c2cc(C(=O)O)ccn2)C1. The molecule has 1 amide bonds. The van der Waals surface area contributed by atoms with Crippen LogP contribution in [0, 0.1) is 5.41 Å². The number of carbonyl (C=O) groups excluding carboxylic acids is 1. The molecule has 1 saturated heterocycles. The van der Waals surface area contributed by atoms with Crippen molar-refractivity contribution >= 4 is 11.9 Å². The van der Waals surface area contributed by atoms with E-state index < -0.39 is 5.97 Å². The lowest BCUT2D eigenvalue weighted by Gasteiger charge is -2.37. The first-order chi connectivity index (χ1) is 8.89. The van der Waals surface area contributed by atoms with Gasteiger partial charge in [0, 0.05) is 19.3 Å². The van der Waals surface area contributed by atoms with E-state index in [-0.39, 0.29) is 22.6 Å². The van der Waals surface area contributed by atoms with Gasteiger partial charge in [0.25, 0.3) is 5.91 Å². The average molecular weight is 262 g/mol. The molecular weight excluding hydrogens is 244 g/mol. The van der Waals surface area contributed by atoms with E-state index in [1.807, 2.05) is 0 Å². The van der Waals surface area contributed by atoms with Crippen LogP contribution in [0.25, 0.3) is 0 Å². The summed E-state index contributed by atoms with van der Waals surface area (Å²) in [6.07, 6.45) is 3.43. The lowest BCUT2D eigenvalue weighted by atomic mass is 9.84. The lowest BCUT2D eigenvalue weighted by Crippen LogP contribution is -2.43. The molecule has 1 N–H and O–H groups in total. The van der Waals surface area contributed by atoms with Gasteiger partial charge < -0.3 is 10.0 Å². The molecule has 0 spiro atoms. The largest absolute Gasteiger partial charge is 0.478 e. The predicted octanol–water partition coefficient (Wildman–Crippen LogP) is 2.04. The third-order valence-corrected chi connectivity index (χ3v) is 3.41. The summed E-state index contributed by atoms with van der Waals surface area (Å²) in [6.45, 7) is 5.66. The standard InChI is InChI=1S/C14H18N2O3/c1-14(2)5-3-7-16(9-14)12(17)11-8-10(13(18)19)4-6-15-11/h4,6,8H,3,5,7,9H2,1-2H3,(H,18,19). The summed E-state index contributed by atoms with van der Waals surface area (Å²) < 4.78 is 0. The van der Waals surface area contributed by atoms with Gasteiger partial charge in [0.1, 0.15) is 5.69 Å². The van der Waals surface area contributed by atoms with Gasteiger partial charge in [-0.2, -0.15) is 0 Å². The van der Waals surface area contributed by atoms with Crippen LogP contribution in [0.1, 0.15) is 47.5 Å².